The third-order valence-corrected chi connectivity index (χ3v) is 5.57. The van der Waals surface area contributed by atoms with E-state index in [0.29, 0.717) is 23.1 Å². The van der Waals surface area contributed by atoms with Crippen LogP contribution in [0.5, 0.6) is 0 Å². The van der Waals surface area contributed by atoms with E-state index in [9.17, 15) is 9.59 Å². The maximum absolute atomic E-state index is 12.3. The number of nitrogen functional groups attached to an aromatic ring is 1. The Morgan fingerprint density at radius 3 is 2.50 bits per heavy atom. The molecular formula is C23H27ClN4O2. The molecule has 0 atom stereocenters. The van der Waals surface area contributed by atoms with Crippen molar-refractivity contribution in [2.24, 2.45) is 0 Å². The van der Waals surface area contributed by atoms with E-state index in [4.69, 9.17) is 5.73 Å². The molecule has 0 radical (unpaired) electrons. The molecule has 158 valence electrons. The van der Waals surface area contributed by atoms with E-state index in [1.807, 2.05) is 6.07 Å². The van der Waals surface area contributed by atoms with E-state index in [0.717, 1.165) is 38.9 Å². The standard InChI is InChI=1S/C23H26N4O2.ClH/c24-19-8-9-20-21(16-19)27(23(29)25-22(20)28)13-5-4-12-26-14-10-18(11-15-26)17-6-2-1-3-7-17;/h1-3,6-10,16H,4-5,11-15,24H2,(H,25,28,29);1H. The van der Waals surface area contributed by atoms with Crippen molar-refractivity contribution in [3.8, 4) is 0 Å². The van der Waals surface area contributed by atoms with Crippen molar-refractivity contribution in [2.75, 3.05) is 25.4 Å². The van der Waals surface area contributed by atoms with Gasteiger partial charge in [0.05, 0.1) is 10.9 Å². The van der Waals surface area contributed by atoms with Crippen LogP contribution in [0.25, 0.3) is 16.5 Å². The molecule has 3 aromatic rings. The third-order valence-electron chi connectivity index (χ3n) is 5.57. The van der Waals surface area contributed by atoms with Crippen molar-refractivity contribution in [3.63, 3.8) is 0 Å². The molecule has 1 aromatic heterocycles. The van der Waals surface area contributed by atoms with Gasteiger partial charge in [0.2, 0.25) is 0 Å². The highest BCUT2D eigenvalue weighted by Gasteiger charge is 2.13. The summed E-state index contributed by atoms with van der Waals surface area (Å²) in [6, 6.07) is 15.6. The van der Waals surface area contributed by atoms with Crippen molar-refractivity contribution in [1.29, 1.82) is 0 Å². The number of hydrogen-bond acceptors (Lipinski definition) is 4. The number of H-pyrrole nitrogens is 1. The molecule has 0 bridgehead atoms. The fraction of sp³-hybridized carbons (Fsp3) is 0.304. The maximum atomic E-state index is 12.3. The normalized spacial score (nSPS) is 14.3. The molecule has 30 heavy (non-hydrogen) atoms. The molecule has 2 aromatic carbocycles. The zero-order valence-electron chi connectivity index (χ0n) is 16.8. The van der Waals surface area contributed by atoms with Gasteiger partial charge in [-0.15, -0.1) is 12.4 Å². The maximum Gasteiger partial charge on any atom is 0.328 e. The number of aromatic nitrogens is 2. The first-order chi connectivity index (χ1) is 14.1. The molecule has 0 aliphatic carbocycles. The zero-order chi connectivity index (χ0) is 20.2. The summed E-state index contributed by atoms with van der Waals surface area (Å²) in [7, 11) is 0. The molecule has 0 amide bonds. The van der Waals surface area contributed by atoms with E-state index >= 15 is 0 Å². The van der Waals surface area contributed by atoms with E-state index in [-0.39, 0.29) is 23.7 Å². The largest absolute Gasteiger partial charge is 0.399 e. The Morgan fingerprint density at radius 1 is 1.00 bits per heavy atom. The first-order valence-electron chi connectivity index (χ1n) is 10.1. The first-order valence-corrected chi connectivity index (χ1v) is 10.1. The van der Waals surface area contributed by atoms with Crippen LogP contribution >= 0.6 is 12.4 Å². The van der Waals surface area contributed by atoms with Crippen LogP contribution < -0.4 is 17.0 Å². The summed E-state index contributed by atoms with van der Waals surface area (Å²) in [6.45, 7) is 3.58. The Balaban J connectivity index is 0.00000256. The molecule has 0 saturated heterocycles. The van der Waals surface area contributed by atoms with Gasteiger partial charge in [0, 0.05) is 25.3 Å². The van der Waals surface area contributed by atoms with Gasteiger partial charge in [0.25, 0.3) is 5.56 Å². The number of nitrogens with zero attached hydrogens (tertiary/aromatic N) is 2. The average Bonchev–Trinajstić information content (AvgIpc) is 2.74. The Kier molecular flexibility index (Phi) is 7.13. The van der Waals surface area contributed by atoms with Gasteiger partial charge >= 0.3 is 5.69 Å². The number of nitrogens with two attached hydrogens (primary N) is 1. The lowest BCUT2D eigenvalue weighted by Gasteiger charge is -2.26. The Labute approximate surface area is 181 Å². The molecule has 6 nitrogen and oxygen atoms in total. The van der Waals surface area contributed by atoms with Crippen LogP contribution in [0.1, 0.15) is 24.8 Å². The van der Waals surface area contributed by atoms with Gasteiger partial charge in [-0.05, 0) is 55.1 Å². The van der Waals surface area contributed by atoms with Crippen molar-refractivity contribution < 1.29 is 0 Å². The third kappa shape index (κ3) is 4.83. The summed E-state index contributed by atoms with van der Waals surface area (Å²) < 4.78 is 1.62. The number of aromatic amines is 1. The van der Waals surface area contributed by atoms with E-state index in [1.54, 1.807) is 22.8 Å². The summed E-state index contributed by atoms with van der Waals surface area (Å²) >= 11 is 0. The van der Waals surface area contributed by atoms with Gasteiger partial charge in [-0.3, -0.25) is 19.2 Å². The Bertz CT molecular complexity index is 1150. The number of anilines is 1. The molecular weight excluding hydrogens is 400 g/mol. The van der Waals surface area contributed by atoms with Gasteiger partial charge in [-0.2, -0.15) is 0 Å². The highest BCUT2D eigenvalue weighted by molar-refractivity contribution is 5.85. The monoisotopic (exact) mass is 426 g/mol. The SMILES string of the molecule is Cl.Nc1ccc2c(=O)[nH]c(=O)n(CCCCN3CC=C(c4ccccc4)CC3)c2c1. The number of nitrogens with one attached hydrogen (secondary N) is 1. The number of fused-ring (bicyclic) bond motifs is 1. The number of hydrogen-bond donors (Lipinski definition) is 2. The molecule has 0 spiro atoms. The lowest BCUT2D eigenvalue weighted by atomic mass is 9.99. The van der Waals surface area contributed by atoms with Crippen LogP contribution in [0.4, 0.5) is 5.69 Å². The number of halogens is 1. The van der Waals surface area contributed by atoms with Gasteiger partial charge in [-0.25, -0.2) is 4.79 Å². The van der Waals surface area contributed by atoms with E-state index in [1.165, 1.54) is 11.1 Å². The summed E-state index contributed by atoms with van der Waals surface area (Å²) in [5, 5.41) is 0.494. The number of aryl methyl sites for hydroxylation is 1. The van der Waals surface area contributed by atoms with Crippen LogP contribution in [0.3, 0.4) is 0 Å². The average molecular weight is 427 g/mol. The highest BCUT2D eigenvalue weighted by atomic mass is 35.5. The number of rotatable bonds is 6. The van der Waals surface area contributed by atoms with E-state index < -0.39 is 0 Å². The molecule has 1 aliphatic heterocycles. The second kappa shape index (κ2) is 9.78. The Hall–Kier alpha value is -2.83. The summed E-state index contributed by atoms with van der Waals surface area (Å²) in [6.07, 6.45) is 5.24. The van der Waals surface area contributed by atoms with Crippen molar-refractivity contribution in [1.82, 2.24) is 14.5 Å². The molecule has 3 N–H and O–H groups in total. The van der Waals surface area contributed by atoms with Crippen LogP contribution in [-0.2, 0) is 6.54 Å². The topological polar surface area (TPSA) is 84.1 Å². The second-order valence-corrected chi connectivity index (χ2v) is 7.54. The minimum atomic E-state index is -0.374. The fourth-order valence-electron chi connectivity index (χ4n) is 3.96. The quantitative estimate of drug-likeness (QED) is 0.468. The number of benzene rings is 2. The zero-order valence-corrected chi connectivity index (χ0v) is 17.7. The Morgan fingerprint density at radius 2 is 1.77 bits per heavy atom. The minimum absolute atomic E-state index is 0. The smallest absolute Gasteiger partial charge is 0.328 e. The minimum Gasteiger partial charge on any atom is -0.399 e. The van der Waals surface area contributed by atoms with Gasteiger partial charge in [-0.1, -0.05) is 36.4 Å². The molecule has 7 heteroatoms. The molecule has 0 unspecified atom stereocenters. The van der Waals surface area contributed by atoms with Crippen LogP contribution in [-0.4, -0.2) is 34.1 Å². The molecule has 0 saturated carbocycles. The fourth-order valence-corrected chi connectivity index (χ4v) is 3.96. The van der Waals surface area contributed by atoms with Crippen molar-refractivity contribution in [2.45, 2.75) is 25.8 Å². The molecule has 2 heterocycles. The summed E-state index contributed by atoms with van der Waals surface area (Å²) in [5.74, 6) is 0. The second-order valence-electron chi connectivity index (χ2n) is 7.54. The molecule has 0 fully saturated rings. The lowest BCUT2D eigenvalue weighted by Crippen LogP contribution is -2.31. The van der Waals surface area contributed by atoms with Gasteiger partial charge in [0.15, 0.2) is 0 Å². The summed E-state index contributed by atoms with van der Waals surface area (Å²) in [4.78, 5) is 29.1. The van der Waals surface area contributed by atoms with Crippen LogP contribution in [0.2, 0.25) is 0 Å². The van der Waals surface area contributed by atoms with Crippen LogP contribution in [0.15, 0.2) is 64.2 Å². The predicted octanol–water partition coefficient (Wildman–Crippen LogP) is 3.26. The predicted molar refractivity (Wildman–Crippen MR) is 125 cm³/mol. The molecule has 1 aliphatic rings. The number of unbranched alkanes of at least 4 members (excludes halogenated alkanes) is 1. The lowest BCUT2D eigenvalue weighted by molar-refractivity contribution is 0.292. The highest BCUT2D eigenvalue weighted by Crippen LogP contribution is 2.22. The van der Waals surface area contributed by atoms with Gasteiger partial charge in [0.1, 0.15) is 0 Å². The van der Waals surface area contributed by atoms with Crippen LogP contribution in [0, 0.1) is 0 Å². The summed E-state index contributed by atoms with van der Waals surface area (Å²) in [5.41, 5.74) is 9.01. The van der Waals surface area contributed by atoms with Gasteiger partial charge < -0.3 is 5.73 Å². The molecule has 4 rings (SSSR count). The van der Waals surface area contributed by atoms with E-state index in [2.05, 4.69) is 40.2 Å². The van der Waals surface area contributed by atoms with Crippen molar-refractivity contribution in [3.05, 3.63) is 81.0 Å². The van der Waals surface area contributed by atoms with Crippen molar-refractivity contribution >= 4 is 34.6 Å². The first kappa shape index (κ1) is 21.9.